The van der Waals surface area contributed by atoms with Crippen LogP contribution in [0.25, 0.3) is 0 Å². The number of nitro groups is 1. The predicted octanol–water partition coefficient (Wildman–Crippen LogP) is 4.67. The molecular formula is C24H22ClFN4O4. The molecule has 0 bridgehead atoms. The Kier molecular flexibility index (Phi) is 7.93. The number of non-ortho nitro benzene ring substituents is 1. The number of carbonyl (C=O) groups excluding carboxylic acids is 2. The highest BCUT2D eigenvalue weighted by Gasteiger charge is 2.20. The van der Waals surface area contributed by atoms with Crippen molar-refractivity contribution in [3.63, 3.8) is 0 Å². The van der Waals surface area contributed by atoms with E-state index in [2.05, 4.69) is 10.6 Å². The van der Waals surface area contributed by atoms with Gasteiger partial charge in [-0.1, -0.05) is 35.9 Å². The van der Waals surface area contributed by atoms with Gasteiger partial charge in [0.25, 0.3) is 17.5 Å². The Morgan fingerprint density at radius 3 is 2.41 bits per heavy atom. The molecule has 10 heteroatoms. The molecule has 0 aliphatic rings. The number of amides is 2. The van der Waals surface area contributed by atoms with Crippen LogP contribution in [0, 0.1) is 15.9 Å². The topological polar surface area (TPSA) is 105 Å². The number of nitro benzene ring substituents is 1. The molecule has 0 fully saturated rings. The number of halogens is 2. The van der Waals surface area contributed by atoms with Crippen LogP contribution < -0.4 is 10.6 Å². The molecule has 1 unspecified atom stereocenters. The molecule has 34 heavy (non-hydrogen) atoms. The number of nitrogens with one attached hydrogen (secondary N) is 2. The lowest BCUT2D eigenvalue weighted by molar-refractivity contribution is -0.384. The Labute approximate surface area is 200 Å². The van der Waals surface area contributed by atoms with Crippen LogP contribution in [0.3, 0.4) is 0 Å². The smallest absolute Gasteiger partial charge is 0.270 e. The summed E-state index contributed by atoms with van der Waals surface area (Å²) in [6.45, 7) is 0.200. The summed E-state index contributed by atoms with van der Waals surface area (Å²) in [5.74, 6) is -1.42. The van der Waals surface area contributed by atoms with Gasteiger partial charge in [0.2, 0.25) is 0 Å². The van der Waals surface area contributed by atoms with E-state index in [4.69, 9.17) is 11.6 Å². The number of benzene rings is 3. The fourth-order valence-corrected chi connectivity index (χ4v) is 3.64. The summed E-state index contributed by atoms with van der Waals surface area (Å²) in [5, 5.41) is 16.3. The molecule has 0 heterocycles. The highest BCUT2D eigenvalue weighted by atomic mass is 35.5. The summed E-state index contributed by atoms with van der Waals surface area (Å²) < 4.78 is 13.7. The zero-order valence-electron chi connectivity index (χ0n) is 18.4. The van der Waals surface area contributed by atoms with E-state index < -0.39 is 16.7 Å². The first kappa shape index (κ1) is 24.8. The zero-order valence-corrected chi connectivity index (χ0v) is 19.2. The second-order valence-corrected chi connectivity index (χ2v) is 8.07. The predicted molar refractivity (Wildman–Crippen MR) is 128 cm³/mol. The number of para-hydroxylation sites is 1. The molecule has 2 N–H and O–H groups in total. The highest BCUT2D eigenvalue weighted by molar-refractivity contribution is 6.34. The Hall–Kier alpha value is -3.82. The maximum Gasteiger partial charge on any atom is 0.270 e. The van der Waals surface area contributed by atoms with Crippen LogP contribution in [-0.2, 0) is 0 Å². The first-order valence-electron chi connectivity index (χ1n) is 10.2. The van der Waals surface area contributed by atoms with E-state index in [1.165, 1.54) is 24.3 Å². The highest BCUT2D eigenvalue weighted by Crippen LogP contribution is 2.25. The molecule has 0 aliphatic heterocycles. The van der Waals surface area contributed by atoms with E-state index in [0.29, 0.717) is 5.56 Å². The average molecular weight is 485 g/mol. The standard InChI is InChI=1S/C24H22ClFN4O4/c1-29(2)22(15-6-5-7-16(26)12-15)14-27-23(31)19-8-3-4-9-21(19)28-24(32)18-11-10-17(30(33)34)13-20(18)25/h3-13,22H,14H2,1-2H3,(H,27,31)(H,28,32). The normalized spacial score (nSPS) is 11.7. The van der Waals surface area contributed by atoms with Crippen LogP contribution in [0.1, 0.15) is 32.3 Å². The van der Waals surface area contributed by atoms with Crippen molar-refractivity contribution in [3.8, 4) is 0 Å². The molecule has 3 rings (SSSR count). The molecule has 2 amide bonds. The number of rotatable bonds is 8. The van der Waals surface area contributed by atoms with Crippen molar-refractivity contribution in [1.82, 2.24) is 10.2 Å². The Morgan fingerprint density at radius 1 is 1.03 bits per heavy atom. The van der Waals surface area contributed by atoms with Crippen LogP contribution in [-0.4, -0.2) is 42.3 Å². The van der Waals surface area contributed by atoms with Gasteiger partial charge in [-0.2, -0.15) is 0 Å². The monoisotopic (exact) mass is 484 g/mol. The van der Waals surface area contributed by atoms with E-state index in [1.807, 2.05) is 19.0 Å². The minimum atomic E-state index is -0.619. The van der Waals surface area contributed by atoms with Crippen LogP contribution in [0.2, 0.25) is 5.02 Å². The zero-order chi connectivity index (χ0) is 24.8. The molecule has 176 valence electrons. The summed E-state index contributed by atoms with van der Waals surface area (Å²) in [6, 6.07) is 15.8. The van der Waals surface area contributed by atoms with Crippen molar-refractivity contribution in [2.45, 2.75) is 6.04 Å². The van der Waals surface area contributed by atoms with Gasteiger partial charge in [0.05, 0.1) is 32.8 Å². The third-order valence-corrected chi connectivity index (χ3v) is 5.45. The summed E-state index contributed by atoms with van der Waals surface area (Å²) >= 11 is 6.04. The van der Waals surface area contributed by atoms with Gasteiger partial charge in [-0.25, -0.2) is 4.39 Å². The van der Waals surface area contributed by atoms with Crippen molar-refractivity contribution >= 4 is 34.8 Å². The van der Waals surface area contributed by atoms with Crippen LogP contribution in [0.4, 0.5) is 15.8 Å². The van der Waals surface area contributed by atoms with Crippen molar-refractivity contribution in [3.05, 3.63) is 104 Å². The van der Waals surface area contributed by atoms with Crippen molar-refractivity contribution in [1.29, 1.82) is 0 Å². The Bertz CT molecular complexity index is 1240. The van der Waals surface area contributed by atoms with Gasteiger partial charge < -0.3 is 15.5 Å². The van der Waals surface area contributed by atoms with Crippen LogP contribution in [0.15, 0.2) is 66.7 Å². The van der Waals surface area contributed by atoms with E-state index in [1.54, 1.807) is 36.4 Å². The molecule has 8 nitrogen and oxygen atoms in total. The fourth-order valence-electron chi connectivity index (χ4n) is 3.38. The summed E-state index contributed by atoms with van der Waals surface area (Å²) in [7, 11) is 3.65. The van der Waals surface area contributed by atoms with E-state index in [-0.39, 0.29) is 45.9 Å². The molecule has 0 aliphatic carbocycles. The number of hydrogen-bond donors (Lipinski definition) is 2. The number of nitrogens with zero attached hydrogens (tertiary/aromatic N) is 2. The maximum absolute atomic E-state index is 13.7. The minimum Gasteiger partial charge on any atom is -0.350 e. The van der Waals surface area contributed by atoms with Gasteiger partial charge in [-0.15, -0.1) is 0 Å². The van der Waals surface area contributed by atoms with Crippen molar-refractivity contribution in [2.24, 2.45) is 0 Å². The van der Waals surface area contributed by atoms with Gasteiger partial charge in [-0.3, -0.25) is 19.7 Å². The molecule has 0 spiro atoms. The molecule has 0 aromatic heterocycles. The molecule has 3 aromatic rings. The first-order valence-corrected chi connectivity index (χ1v) is 10.6. The summed E-state index contributed by atoms with van der Waals surface area (Å²) in [4.78, 5) is 37.8. The van der Waals surface area contributed by atoms with Crippen molar-refractivity contribution in [2.75, 3.05) is 26.0 Å². The lowest BCUT2D eigenvalue weighted by Crippen LogP contribution is -2.35. The minimum absolute atomic E-state index is 0.0289. The van der Waals surface area contributed by atoms with Crippen LogP contribution in [0.5, 0.6) is 0 Å². The molecule has 0 saturated heterocycles. The quantitative estimate of drug-likeness (QED) is 0.357. The lowest BCUT2D eigenvalue weighted by Gasteiger charge is -2.25. The third kappa shape index (κ3) is 5.94. The van der Waals surface area contributed by atoms with Gasteiger partial charge >= 0.3 is 0 Å². The number of anilines is 1. The lowest BCUT2D eigenvalue weighted by atomic mass is 10.1. The van der Waals surface area contributed by atoms with Crippen molar-refractivity contribution < 1.29 is 18.9 Å². The molecule has 0 radical (unpaired) electrons. The first-order chi connectivity index (χ1) is 16.2. The average Bonchev–Trinajstić information content (AvgIpc) is 2.79. The fraction of sp³-hybridized carbons (Fsp3) is 0.167. The summed E-state index contributed by atoms with van der Waals surface area (Å²) in [5.41, 5.74) is 0.952. The number of likely N-dealkylation sites (N-methyl/N-ethyl adjacent to an activating group) is 1. The van der Waals surface area contributed by atoms with Crippen LogP contribution >= 0.6 is 11.6 Å². The number of carbonyl (C=O) groups is 2. The second-order valence-electron chi connectivity index (χ2n) is 7.67. The Morgan fingerprint density at radius 2 is 1.76 bits per heavy atom. The molecule has 0 saturated carbocycles. The Balaban J connectivity index is 1.76. The van der Waals surface area contributed by atoms with Gasteiger partial charge in [0.1, 0.15) is 5.82 Å². The second kappa shape index (κ2) is 10.9. The maximum atomic E-state index is 13.7. The van der Waals surface area contributed by atoms with E-state index >= 15 is 0 Å². The van der Waals surface area contributed by atoms with Gasteiger partial charge in [-0.05, 0) is 50.0 Å². The number of hydrogen-bond acceptors (Lipinski definition) is 5. The third-order valence-electron chi connectivity index (χ3n) is 5.14. The molecular weight excluding hydrogens is 463 g/mol. The summed E-state index contributed by atoms with van der Waals surface area (Å²) in [6.07, 6.45) is 0. The largest absolute Gasteiger partial charge is 0.350 e. The molecule has 3 aromatic carbocycles. The van der Waals surface area contributed by atoms with Gasteiger partial charge in [0, 0.05) is 18.7 Å². The SMILES string of the molecule is CN(C)C(CNC(=O)c1ccccc1NC(=O)c1ccc([N+](=O)[O-])cc1Cl)c1cccc(F)c1. The molecule has 1 atom stereocenters. The van der Waals surface area contributed by atoms with E-state index in [0.717, 1.165) is 6.07 Å². The van der Waals surface area contributed by atoms with E-state index in [9.17, 15) is 24.1 Å². The van der Waals surface area contributed by atoms with Gasteiger partial charge in [0.15, 0.2) is 0 Å².